The number of aromatic nitrogens is 3. The number of ether oxygens (including phenoxy) is 2. The van der Waals surface area contributed by atoms with Gasteiger partial charge in [0, 0.05) is 30.9 Å². The Balaban J connectivity index is 1.18. The van der Waals surface area contributed by atoms with Gasteiger partial charge in [-0.1, -0.05) is 6.07 Å². The van der Waals surface area contributed by atoms with Gasteiger partial charge in [-0.3, -0.25) is 9.48 Å². The van der Waals surface area contributed by atoms with E-state index in [1.165, 1.54) is 26.0 Å². The number of hydrogen-bond donors (Lipinski definition) is 2. The number of nitrogens with one attached hydrogen (secondary N) is 2. The smallest absolute Gasteiger partial charge is 0.433 e. The lowest BCUT2D eigenvalue weighted by molar-refractivity contribution is -0.141. The van der Waals surface area contributed by atoms with Crippen LogP contribution in [-0.2, 0) is 10.9 Å². The van der Waals surface area contributed by atoms with Crippen molar-refractivity contribution < 1.29 is 27.4 Å². The second-order valence-corrected chi connectivity index (χ2v) is 10.8. The van der Waals surface area contributed by atoms with Crippen molar-refractivity contribution in [1.82, 2.24) is 20.1 Å². The molecule has 1 amide bonds. The van der Waals surface area contributed by atoms with Crippen LogP contribution in [0.4, 0.5) is 18.9 Å². The molecule has 0 spiro atoms. The zero-order chi connectivity index (χ0) is 28.1. The quantitative estimate of drug-likeness (QED) is 0.320. The molecule has 2 aromatic heterocycles. The average molecular weight is 560 g/mol. The van der Waals surface area contributed by atoms with Crippen molar-refractivity contribution in [3.05, 3.63) is 47.9 Å². The van der Waals surface area contributed by atoms with Crippen molar-refractivity contribution in [2.75, 3.05) is 38.7 Å². The van der Waals surface area contributed by atoms with Crippen LogP contribution >= 0.6 is 0 Å². The van der Waals surface area contributed by atoms with E-state index in [2.05, 4.69) is 15.6 Å². The van der Waals surface area contributed by atoms with Crippen molar-refractivity contribution >= 4 is 22.5 Å². The molecule has 1 saturated carbocycles. The Morgan fingerprint density at radius 3 is 2.60 bits per heavy atom. The molecule has 11 heteroatoms. The van der Waals surface area contributed by atoms with Gasteiger partial charge < -0.3 is 20.1 Å². The number of carbonyl (C=O) groups excluding carboxylic acids is 1. The number of fused-ring (bicyclic) bond motifs is 1. The summed E-state index contributed by atoms with van der Waals surface area (Å²) < 4.78 is 52.6. The van der Waals surface area contributed by atoms with Gasteiger partial charge in [0.05, 0.1) is 24.4 Å². The molecule has 5 rings (SSSR count). The van der Waals surface area contributed by atoms with Crippen molar-refractivity contribution in [3.8, 4) is 5.75 Å². The lowest BCUT2D eigenvalue weighted by Gasteiger charge is -2.29. The van der Waals surface area contributed by atoms with E-state index < -0.39 is 17.8 Å². The Morgan fingerprint density at radius 1 is 1.10 bits per heavy atom. The first kappa shape index (κ1) is 28.4. The molecule has 216 valence electrons. The first-order chi connectivity index (χ1) is 19.3. The second kappa shape index (κ2) is 12.6. The molecular weight excluding hydrogens is 523 g/mol. The molecule has 0 radical (unpaired) electrons. The first-order valence-corrected chi connectivity index (χ1v) is 14.0. The highest BCUT2D eigenvalue weighted by atomic mass is 19.4. The Labute approximate surface area is 231 Å². The molecule has 1 saturated heterocycles. The van der Waals surface area contributed by atoms with Gasteiger partial charge in [-0.15, -0.1) is 0 Å². The van der Waals surface area contributed by atoms with Crippen molar-refractivity contribution in [3.63, 3.8) is 0 Å². The summed E-state index contributed by atoms with van der Waals surface area (Å²) in [7, 11) is 1.46. The second-order valence-electron chi connectivity index (χ2n) is 10.8. The summed E-state index contributed by atoms with van der Waals surface area (Å²) >= 11 is 0. The predicted molar refractivity (Wildman–Crippen MR) is 146 cm³/mol. The molecular formula is C29H36F3N5O3. The van der Waals surface area contributed by atoms with Gasteiger partial charge in [0.25, 0.3) is 5.91 Å². The molecule has 0 atom stereocenters. The average Bonchev–Trinajstić information content (AvgIpc) is 3.38. The van der Waals surface area contributed by atoms with Crippen molar-refractivity contribution in [2.24, 2.45) is 11.8 Å². The summed E-state index contributed by atoms with van der Waals surface area (Å²) in [6, 6.07) is 6.95. The van der Waals surface area contributed by atoms with Gasteiger partial charge in [-0.25, -0.2) is 4.98 Å². The number of carbonyl (C=O) groups is 1. The summed E-state index contributed by atoms with van der Waals surface area (Å²) in [5.41, 5.74) is -0.401. The van der Waals surface area contributed by atoms with Crippen LogP contribution in [0.1, 0.15) is 67.2 Å². The molecule has 40 heavy (non-hydrogen) atoms. The van der Waals surface area contributed by atoms with Crippen molar-refractivity contribution in [2.45, 2.75) is 57.2 Å². The molecule has 1 aliphatic carbocycles. The van der Waals surface area contributed by atoms with E-state index in [1.54, 1.807) is 12.1 Å². The van der Waals surface area contributed by atoms with E-state index in [-0.39, 0.29) is 11.7 Å². The maximum Gasteiger partial charge on any atom is 0.433 e. The molecule has 1 aliphatic heterocycles. The number of pyridine rings is 1. The normalized spacial score (nSPS) is 20.5. The highest BCUT2D eigenvalue weighted by Gasteiger charge is 2.33. The maximum absolute atomic E-state index is 13.0. The molecule has 2 N–H and O–H groups in total. The number of alkyl halides is 3. The SMILES string of the molecule is COc1cc2nn([C@H]3CC[C@H](COCCC4CCNCC4)CC3)cc2cc1NC(=O)c1cccc(C(F)(F)F)n1. The zero-order valence-corrected chi connectivity index (χ0v) is 22.7. The molecule has 3 aromatic rings. The van der Waals surface area contributed by atoms with Crippen LogP contribution in [0.15, 0.2) is 36.5 Å². The molecule has 2 fully saturated rings. The Morgan fingerprint density at radius 2 is 1.88 bits per heavy atom. The van der Waals surface area contributed by atoms with Gasteiger partial charge in [0.15, 0.2) is 0 Å². The predicted octanol–water partition coefficient (Wildman–Crippen LogP) is 5.85. The third-order valence-electron chi connectivity index (χ3n) is 8.04. The van der Waals surface area contributed by atoms with Crippen LogP contribution < -0.4 is 15.4 Å². The zero-order valence-electron chi connectivity index (χ0n) is 22.7. The van der Waals surface area contributed by atoms with Gasteiger partial charge in [0.2, 0.25) is 0 Å². The van der Waals surface area contributed by atoms with Gasteiger partial charge in [-0.05, 0) is 88.1 Å². The highest BCUT2D eigenvalue weighted by molar-refractivity contribution is 6.05. The van der Waals surface area contributed by atoms with E-state index in [4.69, 9.17) is 14.6 Å². The Bertz CT molecular complexity index is 1300. The molecule has 8 nitrogen and oxygen atoms in total. The number of halogens is 3. The summed E-state index contributed by atoms with van der Waals surface area (Å²) in [5, 5.41) is 11.6. The van der Waals surface area contributed by atoms with Crippen LogP contribution in [0.25, 0.3) is 10.9 Å². The summed E-state index contributed by atoms with van der Waals surface area (Å²) in [6.45, 7) is 3.91. The molecule has 0 unspecified atom stereocenters. The summed E-state index contributed by atoms with van der Waals surface area (Å²) in [4.78, 5) is 16.2. The number of benzene rings is 1. The monoisotopic (exact) mass is 559 g/mol. The Hall–Kier alpha value is -3.18. The largest absolute Gasteiger partial charge is 0.494 e. The van der Waals surface area contributed by atoms with Gasteiger partial charge >= 0.3 is 6.18 Å². The molecule has 3 heterocycles. The summed E-state index contributed by atoms with van der Waals surface area (Å²) in [5.74, 6) is 0.965. The lowest BCUT2D eigenvalue weighted by Crippen LogP contribution is -2.28. The van der Waals surface area contributed by atoms with E-state index in [9.17, 15) is 18.0 Å². The maximum atomic E-state index is 13.0. The summed E-state index contributed by atoms with van der Waals surface area (Å²) in [6.07, 6.45) is 5.16. The topological polar surface area (TPSA) is 90.3 Å². The minimum atomic E-state index is -4.64. The fourth-order valence-electron chi connectivity index (χ4n) is 5.68. The minimum absolute atomic E-state index is 0.275. The first-order valence-electron chi connectivity index (χ1n) is 14.0. The number of amides is 1. The van der Waals surface area contributed by atoms with Crippen LogP contribution in [0.2, 0.25) is 0 Å². The third kappa shape index (κ3) is 6.93. The Kier molecular flexibility index (Phi) is 8.90. The lowest BCUT2D eigenvalue weighted by atomic mass is 9.86. The fraction of sp³-hybridized carbons (Fsp3) is 0.552. The van der Waals surface area contributed by atoms with Crippen LogP contribution in [0.3, 0.4) is 0 Å². The number of nitrogens with zero attached hydrogens (tertiary/aromatic N) is 3. The number of methoxy groups -OCH3 is 1. The van der Waals surface area contributed by atoms with Crippen LogP contribution in [0.5, 0.6) is 5.75 Å². The third-order valence-corrected chi connectivity index (χ3v) is 8.04. The standard InChI is InChI=1S/C29H36F3N5O3/c1-39-26-16-24-21(15-25(26)35-28(38)23-3-2-4-27(34-23)29(30,31)32)17-37(36-24)22-7-5-20(6-8-22)18-40-14-11-19-9-12-33-13-10-19/h2-4,15-17,19-20,22,33H,5-14,18H2,1H3,(H,35,38)/t20-,22-. The van der Waals surface area contributed by atoms with Gasteiger partial charge in [0.1, 0.15) is 17.1 Å². The highest BCUT2D eigenvalue weighted by Crippen LogP contribution is 2.35. The number of hydrogen-bond acceptors (Lipinski definition) is 6. The van der Waals surface area contributed by atoms with Crippen LogP contribution in [0, 0.1) is 11.8 Å². The van der Waals surface area contributed by atoms with Crippen molar-refractivity contribution in [1.29, 1.82) is 0 Å². The van der Waals surface area contributed by atoms with E-state index in [0.717, 1.165) is 87.4 Å². The molecule has 1 aromatic carbocycles. The number of rotatable bonds is 9. The molecule has 2 aliphatic rings. The van der Waals surface area contributed by atoms with E-state index >= 15 is 0 Å². The number of piperidine rings is 1. The van der Waals surface area contributed by atoms with E-state index in [1.807, 2.05) is 10.9 Å². The number of anilines is 1. The fourth-order valence-corrected chi connectivity index (χ4v) is 5.68. The van der Waals surface area contributed by atoms with Crippen LogP contribution in [-0.4, -0.2) is 54.1 Å². The minimum Gasteiger partial charge on any atom is -0.494 e. The molecule has 0 bridgehead atoms. The van der Waals surface area contributed by atoms with E-state index in [0.29, 0.717) is 17.4 Å². The van der Waals surface area contributed by atoms with Gasteiger partial charge in [-0.2, -0.15) is 18.3 Å².